The Kier molecular flexibility index (Phi) is 55.4. The Morgan fingerprint density at radius 2 is 0.549 bits per heavy atom. The fourth-order valence-electron chi connectivity index (χ4n) is 7.91. The van der Waals surface area contributed by atoms with E-state index in [2.05, 4.69) is 130 Å². The topological polar surface area (TPSA) is 78.9 Å². The van der Waals surface area contributed by atoms with E-state index in [4.69, 9.17) is 14.2 Å². The summed E-state index contributed by atoms with van der Waals surface area (Å²) in [7, 11) is 0. The summed E-state index contributed by atoms with van der Waals surface area (Å²) in [5, 5.41) is 0. The number of allylic oxidation sites excluding steroid dienone is 18. The molecule has 0 N–H and O–H groups in total. The number of hydrogen-bond acceptors (Lipinski definition) is 6. The molecule has 0 aromatic rings. The van der Waals surface area contributed by atoms with Crippen LogP contribution in [0.4, 0.5) is 0 Å². The van der Waals surface area contributed by atoms with Crippen LogP contribution in [0.1, 0.15) is 265 Å². The van der Waals surface area contributed by atoms with Crippen molar-refractivity contribution in [2.45, 2.75) is 271 Å². The van der Waals surface area contributed by atoms with Gasteiger partial charge in [0.05, 0.1) is 0 Å². The molecule has 1 unspecified atom stereocenters. The first-order valence-corrected chi connectivity index (χ1v) is 29.4. The third kappa shape index (κ3) is 56.9. The summed E-state index contributed by atoms with van der Waals surface area (Å²) >= 11 is 0. The van der Waals surface area contributed by atoms with Crippen molar-refractivity contribution in [3.63, 3.8) is 0 Å². The Bertz CT molecular complexity index is 1460. The molecule has 1 atom stereocenters. The lowest BCUT2D eigenvalue weighted by molar-refractivity contribution is -0.167. The van der Waals surface area contributed by atoms with Crippen LogP contribution in [0.2, 0.25) is 0 Å². The van der Waals surface area contributed by atoms with E-state index in [0.29, 0.717) is 19.3 Å². The van der Waals surface area contributed by atoms with Crippen LogP contribution in [-0.4, -0.2) is 37.2 Å². The minimum Gasteiger partial charge on any atom is -0.462 e. The average molecular weight is 986 g/mol. The fourth-order valence-corrected chi connectivity index (χ4v) is 7.91. The number of unbranched alkanes of at least 4 members (excludes halogenated alkanes) is 23. The van der Waals surface area contributed by atoms with Crippen LogP contribution in [-0.2, 0) is 28.6 Å². The fraction of sp³-hybridized carbons (Fsp3) is 0.677. The maximum atomic E-state index is 12.8. The highest BCUT2D eigenvalue weighted by Crippen LogP contribution is 2.16. The Hall–Kier alpha value is -3.93. The molecule has 6 nitrogen and oxygen atoms in total. The van der Waals surface area contributed by atoms with Gasteiger partial charge in [-0.1, -0.05) is 271 Å². The Balaban J connectivity index is 4.25. The van der Waals surface area contributed by atoms with Crippen LogP contribution in [0.5, 0.6) is 0 Å². The van der Waals surface area contributed by atoms with Crippen LogP contribution in [0, 0.1) is 0 Å². The third-order valence-corrected chi connectivity index (χ3v) is 12.3. The first-order valence-electron chi connectivity index (χ1n) is 29.4. The lowest BCUT2D eigenvalue weighted by Gasteiger charge is -2.18. The Labute approximate surface area is 438 Å². The van der Waals surface area contributed by atoms with Gasteiger partial charge in [-0.05, 0) is 83.5 Å². The zero-order valence-electron chi connectivity index (χ0n) is 46.2. The van der Waals surface area contributed by atoms with Gasteiger partial charge in [-0.3, -0.25) is 14.4 Å². The molecule has 6 heteroatoms. The van der Waals surface area contributed by atoms with Crippen LogP contribution >= 0.6 is 0 Å². The lowest BCUT2D eigenvalue weighted by Crippen LogP contribution is -2.30. The second-order valence-electron chi connectivity index (χ2n) is 19.2. The third-order valence-electron chi connectivity index (χ3n) is 12.3. The molecule has 0 rings (SSSR count). The molecule has 0 radical (unpaired) electrons. The molecule has 0 aromatic carbocycles. The minimum absolute atomic E-state index is 0.0949. The summed E-state index contributed by atoms with van der Waals surface area (Å²) < 4.78 is 16.7. The molecular formula is C65H108O6. The summed E-state index contributed by atoms with van der Waals surface area (Å²) in [6.07, 6.45) is 79.8. The van der Waals surface area contributed by atoms with Gasteiger partial charge in [-0.15, -0.1) is 0 Å². The molecule has 71 heavy (non-hydrogen) atoms. The summed E-state index contributed by atoms with van der Waals surface area (Å²) in [5.41, 5.74) is 0. The van der Waals surface area contributed by atoms with Crippen molar-refractivity contribution < 1.29 is 28.6 Å². The maximum absolute atomic E-state index is 12.8. The first-order chi connectivity index (χ1) is 35.0. The van der Waals surface area contributed by atoms with Gasteiger partial charge in [0.2, 0.25) is 0 Å². The number of hydrogen-bond donors (Lipinski definition) is 0. The van der Waals surface area contributed by atoms with E-state index in [1.807, 2.05) is 0 Å². The quantitative estimate of drug-likeness (QED) is 0.0261. The SMILES string of the molecule is CC/C=C\C/C=C\C/C=C\C/C=C\C/C=C\C/C=C\C/C=C\C/C=C\C/C=C\CCCC(=O)OCC(COC(=O)CCCCCCCC)OC(=O)CCCCCCCCCCCCCCCCCCCC. The molecule has 0 spiro atoms. The van der Waals surface area contributed by atoms with E-state index < -0.39 is 6.10 Å². The van der Waals surface area contributed by atoms with Gasteiger partial charge < -0.3 is 14.2 Å². The number of rotatable bonds is 52. The standard InChI is InChI=1S/C65H108O6/c1-4-7-10-13-16-18-20-22-24-26-28-29-30-31-32-33-34-35-36-37-38-40-41-43-45-47-49-52-55-58-64(67)70-61-62(60-69-63(66)57-54-51-15-12-9-6-3)71-65(68)59-56-53-50-48-46-44-42-39-27-25-23-21-19-17-14-11-8-5-2/h7,10,16,18,22,24,28-29,31-32,34-35,37-38,41,43,47,49,62H,4-6,8-9,11-15,17,19-21,23,25-27,30,33,36,39-40,42,44-46,48,50-61H2,1-3H3/b10-7-,18-16-,24-22-,29-28-,32-31-,35-34-,38-37-,43-41-,49-47-. The van der Waals surface area contributed by atoms with E-state index >= 15 is 0 Å². The predicted molar refractivity (Wildman–Crippen MR) is 307 cm³/mol. The molecule has 0 aliphatic heterocycles. The Morgan fingerprint density at radius 3 is 0.859 bits per heavy atom. The zero-order valence-corrected chi connectivity index (χ0v) is 46.2. The Morgan fingerprint density at radius 1 is 0.296 bits per heavy atom. The average Bonchev–Trinajstić information content (AvgIpc) is 3.37. The van der Waals surface area contributed by atoms with Crippen LogP contribution < -0.4 is 0 Å². The van der Waals surface area contributed by atoms with Crippen molar-refractivity contribution in [1.29, 1.82) is 0 Å². The maximum Gasteiger partial charge on any atom is 0.306 e. The van der Waals surface area contributed by atoms with Crippen molar-refractivity contribution >= 4 is 17.9 Å². The van der Waals surface area contributed by atoms with Crippen LogP contribution in [0.3, 0.4) is 0 Å². The summed E-state index contributed by atoms with van der Waals surface area (Å²) in [6.45, 7) is 6.43. The van der Waals surface area contributed by atoms with Crippen LogP contribution in [0.15, 0.2) is 109 Å². The minimum atomic E-state index is -0.798. The van der Waals surface area contributed by atoms with Gasteiger partial charge in [-0.2, -0.15) is 0 Å². The molecule has 404 valence electrons. The normalized spacial score (nSPS) is 12.9. The van der Waals surface area contributed by atoms with Crippen molar-refractivity contribution in [2.24, 2.45) is 0 Å². The van der Waals surface area contributed by atoms with Crippen LogP contribution in [0.25, 0.3) is 0 Å². The van der Waals surface area contributed by atoms with Gasteiger partial charge in [0, 0.05) is 19.3 Å². The predicted octanol–water partition coefficient (Wildman–Crippen LogP) is 19.9. The van der Waals surface area contributed by atoms with Gasteiger partial charge in [-0.25, -0.2) is 0 Å². The van der Waals surface area contributed by atoms with Crippen molar-refractivity contribution in [3.8, 4) is 0 Å². The molecular weight excluding hydrogens is 877 g/mol. The first kappa shape index (κ1) is 67.1. The number of esters is 3. The van der Waals surface area contributed by atoms with Gasteiger partial charge >= 0.3 is 17.9 Å². The highest BCUT2D eigenvalue weighted by Gasteiger charge is 2.19. The number of carbonyl (C=O) groups is 3. The van der Waals surface area contributed by atoms with Gasteiger partial charge in [0.15, 0.2) is 6.10 Å². The molecule has 0 saturated carbocycles. The smallest absolute Gasteiger partial charge is 0.306 e. The summed E-state index contributed by atoms with van der Waals surface area (Å²) in [4.78, 5) is 37.9. The largest absolute Gasteiger partial charge is 0.462 e. The van der Waals surface area contributed by atoms with Crippen molar-refractivity contribution in [3.05, 3.63) is 109 Å². The van der Waals surface area contributed by atoms with Crippen molar-refractivity contribution in [1.82, 2.24) is 0 Å². The van der Waals surface area contributed by atoms with E-state index in [9.17, 15) is 14.4 Å². The van der Waals surface area contributed by atoms with E-state index in [1.54, 1.807) is 0 Å². The molecule has 0 amide bonds. The number of ether oxygens (including phenoxy) is 3. The highest BCUT2D eigenvalue weighted by atomic mass is 16.6. The molecule has 0 fully saturated rings. The van der Waals surface area contributed by atoms with E-state index in [1.165, 1.54) is 116 Å². The monoisotopic (exact) mass is 985 g/mol. The molecule has 0 saturated heterocycles. The summed E-state index contributed by atoms with van der Waals surface area (Å²) in [6, 6.07) is 0. The van der Waals surface area contributed by atoms with E-state index in [-0.39, 0.29) is 37.5 Å². The lowest BCUT2D eigenvalue weighted by atomic mass is 10.0. The second-order valence-corrected chi connectivity index (χ2v) is 19.2. The zero-order chi connectivity index (χ0) is 51.4. The van der Waals surface area contributed by atoms with Crippen molar-refractivity contribution in [2.75, 3.05) is 13.2 Å². The molecule has 0 bridgehead atoms. The number of carbonyl (C=O) groups excluding carboxylic acids is 3. The molecule has 0 aromatic heterocycles. The molecule has 0 aliphatic rings. The molecule has 0 aliphatic carbocycles. The molecule has 0 heterocycles. The van der Waals surface area contributed by atoms with Gasteiger partial charge in [0.25, 0.3) is 0 Å². The van der Waals surface area contributed by atoms with E-state index in [0.717, 1.165) is 103 Å². The highest BCUT2D eigenvalue weighted by molar-refractivity contribution is 5.71. The van der Waals surface area contributed by atoms with Gasteiger partial charge in [0.1, 0.15) is 13.2 Å². The second kappa shape index (κ2) is 58.6. The summed E-state index contributed by atoms with van der Waals surface area (Å²) in [5.74, 6) is -0.964.